The molecule has 0 N–H and O–H groups in total. The van der Waals surface area contributed by atoms with Crippen LogP contribution in [0.25, 0.3) is 0 Å². The van der Waals surface area contributed by atoms with Crippen LogP contribution in [0.2, 0.25) is 0 Å². The van der Waals surface area contributed by atoms with Gasteiger partial charge in [0.25, 0.3) is 0 Å². The normalized spacial score (nSPS) is 29.4. The fourth-order valence-electron chi connectivity index (χ4n) is 2.92. The second-order valence-electron chi connectivity index (χ2n) is 6.48. The summed E-state index contributed by atoms with van der Waals surface area (Å²) < 4.78 is 26.2. The molecule has 2 saturated heterocycles. The van der Waals surface area contributed by atoms with Crippen molar-refractivity contribution in [2.24, 2.45) is 0 Å². The number of ether oxygens (including phenoxy) is 5. The summed E-state index contributed by atoms with van der Waals surface area (Å²) in [5.74, 6) is -1.84. The van der Waals surface area contributed by atoms with Gasteiger partial charge in [0.2, 0.25) is 0 Å². The first kappa shape index (κ1) is 20.9. The van der Waals surface area contributed by atoms with Crippen molar-refractivity contribution in [1.82, 2.24) is 0 Å². The zero-order valence-electron chi connectivity index (χ0n) is 15.7. The van der Waals surface area contributed by atoms with E-state index in [1.807, 2.05) is 0 Å². The molecule has 0 radical (unpaired) electrons. The van der Waals surface area contributed by atoms with Crippen LogP contribution in [0.4, 0.5) is 0 Å². The number of hydrogen-bond acceptors (Lipinski definition) is 9. The van der Waals surface area contributed by atoms with E-state index in [1.165, 1.54) is 20.8 Å². The average Bonchev–Trinajstić information content (AvgIpc) is 3.31. The van der Waals surface area contributed by atoms with Gasteiger partial charge >= 0.3 is 23.9 Å². The van der Waals surface area contributed by atoms with Crippen LogP contribution in [-0.2, 0) is 42.9 Å². The van der Waals surface area contributed by atoms with E-state index in [0.29, 0.717) is 6.42 Å². The van der Waals surface area contributed by atoms with Gasteiger partial charge in [-0.05, 0) is 19.4 Å². The van der Waals surface area contributed by atoms with E-state index in [1.54, 1.807) is 19.1 Å². The second kappa shape index (κ2) is 8.98. The minimum atomic E-state index is -0.783. The highest BCUT2D eigenvalue weighted by molar-refractivity contribution is 5.71. The lowest BCUT2D eigenvalue weighted by molar-refractivity contribution is -0.177. The van der Waals surface area contributed by atoms with E-state index in [9.17, 15) is 19.2 Å². The van der Waals surface area contributed by atoms with E-state index in [4.69, 9.17) is 23.7 Å². The quantitative estimate of drug-likeness (QED) is 0.272. The van der Waals surface area contributed by atoms with Gasteiger partial charge in [0.15, 0.2) is 12.2 Å². The molecule has 6 atom stereocenters. The Kier molecular flexibility index (Phi) is 6.95. The highest BCUT2D eigenvalue weighted by Gasteiger charge is 2.51. The van der Waals surface area contributed by atoms with Crippen molar-refractivity contribution in [2.45, 2.75) is 77.2 Å². The van der Waals surface area contributed by atoms with Crippen molar-refractivity contribution in [3.8, 4) is 0 Å². The predicted molar refractivity (Wildman–Crippen MR) is 89.3 cm³/mol. The zero-order valence-corrected chi connectivity index (χ0v) is 15.7. The van der Waals surface area contributed by atoms with E-state index in [0.717, 1.165) is 0 Å². The summed E-state index contributed by atoms with van der Waals surface area (Å²) in [5, 5.41) is 0. The van der Waals surface area contributed by atoms with Crippen molar-refractivity contribution < 1.29 is 42.9 Å². The largest absolute Gasteiger partial charge is 0.459 e. The maximum atomic E-state index is 11.6. The third-order valence-corrected chi connectivity index (χ3v) is 4.08. The SMILES string of the molecule is CC(=O)OC(C)C(C=CC1OC1C1OC(=O)CCC1OC(C)=O)OC(C)=O. The van der Waals surface area contributed by atoms with Crippen molar-refractivity contribution in [2.75, 3.05) is 0 Å². The monoisotopic (exact) mass is 384 g/mol. The molecule has 2 fully saturated rings. The molecular weight excluding hydrogens is 360 g/mol. The summed E-state index contributed by atoms with van der Waals surface area (Å²) in [6.45, 7) is 5.41. The smallest absolute Gasteiger partial charge is 0.306 e. The maximum Gasteiger partial charge on any atom is 0.306 e. The highest BCUT2D eigenvalue weighted by atomic mass is 16.6. The number of carbonyl (C=O) groups excluding carboxylic acids is 4. The van der Waals surface area contributed by atoms with Gasteiger partial charge in [-0.1, -0.05) is 6.08 Å². The van der Waals surface area contributed by atoms with E-state index in [-0.39, 0.29) is 12.4 Å². The molecule has 0 aliphatic carbocycles. The molecule has 0 spiro atoms. The molecule has 2 aliphatic rings. The predicted octanol–water partition coefficient (Wildman–Crippen LogP) is 0.831. The summed E-state index contributed by atoms with van der Waals surface area (Å²) >= 11 is 0. The minimum Gasteiger partial charge on any atom is -0.459 e. The maximum absolute atomic E-state index is 11.6. The molecule has 2 rings (SSSR count). The molecule has 0 aromatic carbocycles. The first-order chi connectivity index (χ1) is 12.7. The van der Waals surface area contributed by atoms with Crippen LogP contribution in [0.1, 0.15) is 40.5 Å². The number of hydrogen-bond donors (Lipinski definition) is 0. The third kappa shape index (κ3) is 6.35. The van der Waals surface area contributed by atoms with Crippen LogP contribution in [0.3, 0.4) is 0 Å². The van der Waals surface area contributed by atoms with Crippen LogP contribution in [0.15, 0.2) is 12.2 Å². The number of carbonyl (C=O) groups is 4. The molecule has 0 aromatic heterocycles. The average molecular weight is 384 g/mol. The molecule has 0 amide bonds. The van der Waals surface area contributed by atoms with Gasteiger partial charge < -0.3 is 23.7 Å². The Labute approximate surface area is 156 Å². The van der Waals surface area contributed by atoms with Gasteiger partial charge in [-0.25, -0.2) is 0 Å². The van der Waals surface area contributed by atoms with Gasteiger partial charge in [0, 0.05) is 27.2 Å². The highest BCUT2D eigenvalue weighted by Crippen LogP contribution is 2.35. The number of esters is 4. The fraction of sp³-hybridized carbons (Fsp3) is 0.667. The Morgan fingerprint density at radius 3 is 2.33 bits per heavy atom. The Hall–Kier alpha value is -2.42. The van der Waals surface area contributed by atoms with Crippen LogP contribution in [0, 0.1) is 0 Å². The van der Waals surface area contributed by atoms with Crippen LogP contribution in [-0.4, -0.2) is 60.5 Å². The topological polar surface area (TPSA) is 118 Å². The molecule has 0 saturated carbocycles. The standard InChI is InChI=1S/C18H24O9/c1-9(23-10(2)19)13(24-11(3)20)5-6-15-17(26-15)18-14(25-12(4)21)7-8-16(22)27-18/h5-6,9,13-15,17-18H,7-8H2,1-4H3. The van der Waals surface area contributed by atoms with Crippen molar-refractivity contribution in [3.05, 3.63) is 12.2 Å². The van der Waals surface area contributed by atoms with Crippen LogP contribution in [0.5, 0.6) is 0 Å². The lowest BCUT2D eigenvalue weighted by Crippen LogP contribution is -2.43. The third-order valence-electron chi connectivity index (χ3n) is 4.08. The van der Waals surface area contributed by atoms with E-state index >= 15 is 0 Å². The number of epoxide rings is 1. The molecule has 9 nitrogen and oxygen atoms in total. The Morgan fingerprint density at radius 1 is 1.07 bits per heavy atom. The van der Waals surface area contributed by atoms with Gasteiger partial charge in [0.1, 0.15) is 24.4 Å². The van der Waals surface area contributed by atoms with Crippen LogP contribution < -0.4 is 0 Å². The van der Waals surface area contributed by atoms with Gasteiger partial charge in [0.05, 0.1) is 0 Å². The lowest BCUT2D eigenvalue weighted by atomic mass is 10.00. The van der Waals surface area contributed by atoms with E-state index in [2.05, 4.69) is 0 Å². The minimum absolute atomic E-state index is 0.177. The molecule has 0 bridgehead atoms. The molecule has 150 valence electrons. The zero-order chi connectivity index (χ0) is 20.1. The van der Waals surface area contributed by atoms with Gasteiger partial charge in [-0.15, -0.1) is 0 Å². The second-order valence-corrected chi connectivity index (χ2v) is 6.48. The summed E-state index contributed by atoms with van der Waals surface area (Å²) in [6, 6.07) is 0. The summed E-state index contributed by atoms with van der Waals surface area (Å²) in [4.78, 5) is 45.2. The summed E-state index contributed by atoms with van der Waals surface area (Å²) in [5.41, 5.74) is 0. The summed E-state index contributed by atoms with van der Waals surface area (Å²) in [6.07, 6.45) is 0.177. The van der Waals surface area contributed by atoms with Crippen molar-refractivity contribution >= 4 is 23.9 Å². The molecule has 0 aromatic rings. The first-order valence-corrected chi connectivity index (χ1v) is 8.72. The molecule has 2 heterocycles. The molecule has 27 heavy (non-hydrogen) atoms. The molecule has 2 aliphatic heterocycles. The van der Waals surface area contributed by atoms with Crippen LogP contribution >= 0.6 is 0 Å². The van der Waals surface area contributed by atoms with E-state index < -0.39 is 54.5 Å². The Balaban J connectivity index is 1.99. The van der Waals surface area contributed by atoms with Gasteiger partial charge in [-0.2, -0.15) is 0 Å². The van der Waals surface area contributed by atoms with Gasteiger partial charge in [-0.3, -0.25) is 19.2 Å². The molecule has 9 heteroatoms. The lowest BCUT2D eigenvalue weighted by Gasteiger charge is -2.29. The molecular formula is C18H24O9. The Morgan fingerprint density at radius 2 is 1.74 bits per heavy atom. The number of cyclic esters (lactones) is 1. The first-order valence-electron chi connectivity index (χ1n) is 8.72. The van der Waals surface area contributed by atoms with Crippen molar-refractivity contribution in [1.29, 1.82) is 0 Å². The number of rotatable bonds is 7. The Bertz CT molecular complexity index is 626. The summed E-state index contributed by atoms with van der Waals surface area (Å²) in [7, 11) is 0. The molecule has 6 unspecified atom stereocenters. The fourth-order valence-corrected chi connectivity index (χ4v) is 2.92. The van der Waals surface area contributed by atoms with Crippen molar-refractivity contribution in [3.63, 3.8) is 0 Å².